The molecule has 1 fully saturated rings. The van der Waals surface area contributed by atoms with E-state index < -0.39 is 24.5 Å². The molecule has 1 saturated heterocycles. The van der Waals surface area contributed by atoms with Crippen molar-refractivity contribution in [1.29, 1.82) is 0 Å². The second kappa shape index (κ2) is 6.98. The first-order chi connectivity index (χ1) is 10.4. The van der Waals surface area contributed by atoms with E-state index in [-0.39, 0.29) is 18.0 Å². The van der Waals surface area contributed by atoms with Crippen LogP contribution in [0.4, 0.5) is 5.69 Å². The molecule has 22 heavy (non-hydrogen) atoms. The van der Waals surface area contributed by atoms with Crippen LogP contribution in [0.25, 0.3) is 0 Å². The van der Waals surface area contributed by atoms with Gasteiger partial charge >= 0.3 is 5.97 Å². The van der Waals surface area contributed by atoms with E-state index >= 15 is 0 Å². The summed E-state index contributed by atoms with van der Waals surface area (Å²) in [5.74, 6) is -1.40. The zero-order valence-electron chi connectivity index (χ0n) is 11.7. The molecule has 2 amide bonds. The summed E-state index contributed by atoms with van der Waals surface area (Å²) >= 11 is 12.0. The van der Waals surface area contributed by atoms with Crippen molar-refractivity contribution < 1.29 is 19.1 Å². The highest BCUT2D eigenvalue weighted by Crippen LogP contribution is 2.32. The summed E-state index contributed by atoms with van der Waals surface area (Å²) in [6.07, 6.45) is 0.648. The lowest BCUT2D eigenvalue weighted by molar-refractivity contribution is -0.149. The maximum atomic E-state index is 11.8. The summed E-state index contributed by atoms with van der Waals surface area (Å²) in [7, 11) is 0. The number of benzene rings is 1. The molecule has 0 radical (unpaired) electrons. The van der Waals surface area contributed by atoms with Crippen LogP contribution < -0.4 is 10.6 Å². The Hall–Kier alpha value is -1.79. The smallest absolute Gasteiger partial charge is 0.329 e. The summed E-state index contributed by atoms with van der Waals surface area (Å²) in [6, 6.07) is 2.65. The van der Waals surface area contributed by atoms with Crippen LogP contribution in [0.3, 0.4) is 0 Å². The van der Waals surface area contributed by atoms with E-state index in [0.29, 0.717) is 16.5 Å². The Bertz CT molecular complexity index is 634. The number of esters is 1. The number of nitrogens with one attached hydrogen (secondary N) is 2. The number of aryl methyl sites for hydroxylation is 1. The van der Waals surface area contributed by atoms with Crippen molar-refractivity contribution in [3.8, 4) is 0 Å². The summed E-state index contributed by atoms with van der Waals surface area (Å²) in [4.78, 5) is 34.5. The second-order valence-electron chi connectivity index (χ2n) is 4.87. The van der Waals surface area contributed by atoms with Crippen molar-refractivity contribution in [2.75, 3.05) is 11.9 Å². The number of ether oxygens (including phenoxy) is 1. The SMILES string of the molecule is Cc1ccc(Cl)c(NC(=O)COC(=O)[C@@H]2CCC(=O)N2)c1Cl. The maximum Gasteiger partial charge on any atom is 0.329 e. The Labute approximate surface area is 137 Å². The first-order valence-corrected chi connectivity index (χ1v) is 7.34. The molecule has 2 N–H and O–H groups in total. The molecule has 6 nitrogen and oxygen atoms in total. The van der Waals surface area contributed by atoms with Gasteiger partial charge in [0.15, 0.2) is 6.61 Å². The molecular formula is C14H14Cl2N2O4. The third-order valence-corrected chi connectivity index (χ3v) is 3.98. The predicted molar refractivity (Wildman–Crippen MR) is 82.0 cm³/mol. The molecule has 1 aliphatic heterocycles. The van der Waals surface area contributed by atoms with E-state index in [1.165, 1.54) is 0 Å². The monoisotopic (exact) mass is 344 g/mol. The lowest BCUT2D eigenvalue weighted by Crippen LogP contribution is -2.36. The molecule has 1 aromatic rings. The zero-order chi connectivity index (χ0) is 16.3. The first kappa shape index (κ1) is 16.6. The molecule has 0 aliphatic carbocycles. The van der Waals surface area contributed by atoms with Gasteiger partial charge in [0.05, 0.1) is 15.7 Å². The van der Waals surface area contributed by atoms with Crippen molar-refractivity contribution in [1.82, 2.24) is 5.32 Å². The fourth-order valence-electron chi connectivity index (χ4n) is 1.97. The van der Waals surface area contributed by atoms with Crippen molar-refractivity contribution in [3.63, 3.8) is 0 Å². The molecule has 0 saturated carbocycles. The molecule has 0 bridgehead atoms. The normalized spacial score (nSPS) is 17.0. The molecule has 0 spiro atoms. The molecule has 8 heteroatoms. The summed E-state index contributed by atoms with van der Waals surface area (Å²) in [5, 5.41) is 5.59. The van der Waals surface area contributed by atoms with Gasteiger partial charge in [0, 0.05) is 6.42 Å². The molecule has 1 atom stereocenters. The lowest BCUT2D eigenvalue weighted by atomic mass is 10.2. The standard InChI is InChI=1S/C14H14Cl2N2O4/c1-7-2-3-8(15)13(12(7)16)18-11(20)6-22-14(21)9-4-5-10(19)17-9/h2-3,9H,4-6H2,1H3,(H,17,19)(H,18,20)/t9-/m0/s1. The maximum absolute atomic E-state index is 11.8. The van der Waals surface area contributed by atoms with E-state index in [9.17, 15) is 14.4 Å². The number of hydrogen-bond acceptors (Lipinski definition) is 4. The fourth-order valence-corrected chi connectivity index (χ4v) is 2.44. The van der Waals surface area contributed by atoms with Crippen LogP contribution in [-0.4, -0.2) is 30.4 Å². The Morgan fingerprint density at radius 3 is 2.77 bits per heavy atom. The van der Waals surface area contributed by atoms with Gasteiger partial charge in [0.25, 0.3) is 5.91 Å². The largest absolute Gasteiger partial charge is 0.454 e. The van der Waals surface area contributed by atoms with Gasteiger partial charge in [0.2, 0.25) is 5.91 Å². The zero-order valence-corrected chi connectivity index (χ0v) is 13.3. The first-order valence-electron chi connectivity index (χ1n) is 6.59. The molecular weight excluding hydrogens is 331 g/mol. The minimum atomic E-state index is -0.688. The molecule has 1 aliphatic rings. The van der Waals surface area contributed by atoms with Crippen LogP contribution in [0.2, 0.25) is 10.0 Å². The van der Waals surface area contributed by atoms with Crippen LogP contribution in [0.5, 0.6) is 0 Å². The summed E-state index contributed by atoms with van der Waals surface area (Å²) in [6.45, 7) is 1.29. The Balaban J connectivity index is 1.90. The highest BCUT2D eigenvalue weighted by atomic mass is 35.5. The highest BCUT2D eigenvalue weighted by molar-refractivity contribution is 6.40. The van der Waals surface area contributed by atoms with Crippen molar-refractivity contribution in [2.45, 2.75) is 25.8 Å². The van der Waals surface area contributed by atoms with Crippen LogP contribution in [0, 0.1) is 6.92 Å². The molecule has 118 valence electrons. The van der Waals surface area contributed by atoms with Crippen LogP contribution >= 0.6 is 23.2 Å². The van der Waals surface area contributed by atoms with Crippen molar-refractivity contribution in [2.24, 2.45) is 0 Å². The minimum Gasteiger partial charge on any atom is -0.454 e. The Kier molecular flexibility index (Phi) is 5.26. The highest BCUT2D eigenvalue weighted by Gasteiger charge is 2.28. The molecule has 1 aromatic carbocycles. The van der Waals surface area contributed by atoms with Gasteiger partial charge in [-0.3, -0.25) is 9.59 Å². The molecule has 1 heterocycles. The predicted octanol–water partition coefficient (Wildman–Crippen LogP) is 2.06. The fraction of sp³-hybridized carbons (Fsp3) is 0.357. The van der Waals surface area contributed by atoms with Gasteiger partial charge in [-0.05, 0) is 25.0 Å². The Morgan fingerprint density at radius 2 is 2.14 bits per heavy atom. The number of carbonyl (C=O) groups is 3. The number of carbonyl (C=O) groups excluding carboxylic acids is 3. The molecule has 0 aromatic heterocycles. The Morgan fingerprint density at radius 1 is 1.41 bits per heavy atom. The van der Waals surface area contributed by atoms with Crippen LogP contribution in [0.1, 0.15) is 18.4 Å². The van der Waals surface area contributed by atoms with Gasteiger partial charge in [-0.2, -0.15) is 0 Å². The molecule has 0 unspecified atom stereocenters. The van der Waals surface area contributed by atoms with Crippen molar-refractivity contribution in [3.05, 3.63) is 27.7 Å². The van der Waals surface area contributed by atoms with Crippen LogP contribution in [0.15, 0.2) is 12.1 Å². The van der Waals surface area contributed by atoms with E-state index in [4.69, 9.17) is 27.9 Å². The second-order valence-corrected chi connectivity index (χ2v) is 5.65. The van der Waals surface area contributed by atoms with Gasteiger partial charge in [-0.1, -0.05) is 29.3 Å². The number of halogens is 2. The minimum absolute atomic E-state index is 0.204. The van der Waals surface area contributed by atoms with E-state index in [2.05, 4.69) is 10.6 Å². The quantitative estimate of drug-likeness (QED) is 0.818. The van der Waals surface area contributed by atoms with Crippen LogP contribution in [-0.2, 0) is 19.1 Å². The number of anilines is 1. The average molecular weight is 345 g/mol. The third kappa shape index (κ3) is 3.90. The number of rotatable bonds is 4. The third-order valence-electron chi connectivity index (χ3n) is 3.17. The lowest BCUT2D eigenvalue weighted by Gasteiger charge is -2.12. The van der Waals surface area contributed by atoms with E-state index in [1.54, 1.807) is 19.1 Å². The number of hydrogen-bond donors (Lipinski definition) is 2. The summed E-state index contributed by atoms with van der Waals surface area (Å²) in [5.41, 5.74) is 1.03. The average Bonchev–Trinajstić information content (AvgIpc) is 2.92. The van der Waals surface area contributed by atoms with E-state index in [0.717, 1.165) is 5.56 Å². The van der Waals surface area contributed by atoms with Gasteiger partial charge in [-0.15, -0.1) is 0 Å². The van der Waals surface area contributed by atoms with Gasteiger partial charge in [-0.25, -0.2) is 4.79 Å². The molecule has 2 rings (SSSR count). The topological polar surface area (TPSA) is 84.5 Å². The van der Waals surface area contributed by atoms with Gasteiger partial charge in [0.1, 0.15) is 6.04 Å². The van der Waals surface area contributed by atoms with Gasteiger partial charge < -0.3 is 15.4 Å². The van der Waals surface area contributed by atoms with Crippen molar-refractivity contribution >= 4 is 46.7 Å². The summed E-state index contributed by atoms with van der Waals surface area (Å²) < 4.78 is 4.87. The number of amides is 2. The van der Waals surface area contributed by atoms with E-state index in [1.807, 2.05) is 0 Å².